The van der Waals surface area contributed by atoms with Crippen LogP contribution in [-0.4, -0.2) is 25.0 Å². The molecular formula is C15H22F3NOS. The van der Waals surface area contributed by atoms with E-state index in [1.165, 1.54) is 17.8 Å². The van der Waals surface area contributed by atoms with Crippen LogP contribution in [0.2, 0.25) is 0 Å². The van der Waals surface area contributed by atoms with E-state index in [0.29, 0.717) is 18.0 Å². The zero-order valence-electron chi connectivity index (χ0n) is 12.8. The Labute approximate surface area is 128 Å². The van der Waals surface area contributed by atoms with Gasteiger partial charge in [-0.05, 0) is 17.7 Å². The van der Waals surface area contributed by atoms with Gasteiger partial charge in [-0.15, -0.1) is 11.8 Å². The van der Waals surface area contributed by atoms with Crippen molar-refractivity contribution in [2.45, 2.75) is 43.1 Å². The van der Waals surface area contributed by atoms with Crippen molar-refractivity contribution in [1.29, 1.82) is 0 Å². The number of hydrogen-bond acceptors (Lipinski definition) is 3. The summed E-state index contributed by atoms with van der Waals surface area (Å²) in [5.74, 6) is 0. The van der Waals surface area contributed by atoms with E-state index in [9.17, 15) is 13.2 Å². The van der Waals surface area contributed by atoms with Gasteiger partial charge in [-0.2, -0.15) is 13.2 Å². The summed E-state index contributed by atoms with van der Waals surface area (Å²) in [6.45, 7) is 7.10. The maximum absolute atomic E-state index is 13.2. The number of hydrogen-bond donors (Lipinski definition) is 1. The van der Waals surface area contributed by atoms with Crippen LogP contribution in [0.25, 0.3) is 0 Å². The average Bonchev–Trinajstić information content (AvgIpc) is 2.33. The molecule has 0 saturated heterocycles. The molecule has 21 heavy (non-hydrogen) atoms. The second-order valence-corrected chi connectivity index (χ2v) is 7.60. The standard InChI is InChI=1S/C15H22F3NOS/c1-14(2,3)21-12-6-5-11(10-19-7-8-20-4)13(9-12)15(16,17)18/h5-6,9,19H,7-8,10H2,1-4H3. The topological polar surface area (TPSA) is 21.3 Å². The van der Waals surface area contributed by atoms with Crippen molar-refractivity contribution in [1.82, 2.24) is 5.32 Å². The van der Waals surface area contributed by atoms with Crippen molar-refractivity contribution < 1.29 is 17.9 Å². The molecule has 0 radical (unpaired) electrons. The lowest BCUT2D eigenvalue weighted by atomic mass is 10.1. The van der Waals surface area contributed by atoms with Crippen LogP contribution in [0.5, 0.6) is 0 Å². The first-order valence-corrected chi connectivity index (χ1v) is 7.54. The van der Waals surface area contributed by atoms with Crippen LogP contribution in [0, 0.1) is 0 Å². The number of halogens is 3. The van der Waals surface area contributed by atoms with E-state index in [1.807, 2.05) is 20.8 Å². The summed E-state index contributed by atoms with van der Waals surface area (Å²) in [4.78, 5) is 0.635. The van der Waals surface area contributed by atoms with Gasteiger partial charge in [0.05, 0.1) is 12.2 Å². The number of nitrogens with one attached hydrogen (secondary N) is 1. The summed E-state index contributed by atoms with van der Waals surface area (Å²) in [5, 5.41) is 2.95. The van der Waals surface area contributed by atoms with Crippen LogP contribution >= 0.6 is 11.8 Å². The van der Waals surface area contributed by atoms with Gasteiger partial charge in [0, 0.05) is 29.8 Å². The molecule has 0 saturated carbocycles. The fraction of sp³-hybridized carbons (Fsp3) is 0.600. The first-order chi connectivity index (χ1) is 9.63. The molecular weight excluding hydrogens is 299 g/mol. The summed E-state index contributed by atoms with van der Waals surface area (Å²) in [7, 11) is 1.56. The normalized spacial score (nSPS) is 12.7. The molecule has 0 aliphatic heterocycles. The van der Waals surface area contributed by atoms with Gasteiger partial charge in [-0.3, -0.25) is 0 Å². The molecule has 0 fully saturated rings. The fourth-order valence-electron chi connectivity index (χ4n) is 1.79. The van der Waals surface area contributed by atoms with Gasteiger partial charge in [0.2, 0.25) is 0 Å². The van der Waals surface area contributed by atoms with E-state index in [0.717, 1.165) is 0 Å². The second kappa shape index (κ2) is 7.51. The molecule has 1 aromatic rings. The summed E-state index contributed by atoms with van der Waals surface area (Å²) in [6, 6.07) is 4.54. The highest BCUT2D eigenvalue weighted by Crippen LogP contribution is 2.38. The highest BCUT2D eigenvalue weighted by molar-refractivity contribution is 8.00. The van der Waals surface area contributed by atoms with Crippen molar-refractivity contribution in [3.8, 4) is 0 Å². The van der Waals surface area contributed by atoms with Gasteiger partial charge >= 0.3 is 6.18 Å². The second-order valence-electron chi connectivity index (χ2n) is 5.70. The average molecular weight is 321 g/mol. The maximum atomic E-state index is 13.2. The van der Waals surface area contributed by atoms with E-state index in [4.69, 9.17) is 4.74 Å². The van der Waals surface area contributed by atoms with E-state index in [-0.39, 0.29) is 16.9 Å². The third-order valence-corrected chi connectivity index (χ3v) is 3.71. The molecule has 1 aromatic carbocycles. The lowest BCUT2D eigenvalue weighted by Gasteiger charge is -2.20. The number of rotatable bonds is 6. The fourth-order valence-corrected chi connectivity index (χ4v) is 2.81. The summed E-state index contributed by atoms with van der Waals surface area (Å²) < 4.78 is 44.3. The molecule has 0 aromatic heterocycles. The highest BCUT2D eigenvalue weighted by Gasteiger charge is 2.33. The molecule has 0 atom stereocenters. The lowest BCUT2D eigenvalue weighted by Crippen LogP contribution is -2.21. The molecule has 0 aliphatic rings. The Kier molecular flexibility index (Phi) is 6.56. The number of ether oxygens (including phenoxy) is 1. The Balaban J connectivity index is 2.92. The minimum atomic E-state index is -4.34. The predicted molar refractivity (Wildman–Crippen MR) is 80.6 cm³/mol. The van der Waals surface area contributed by atoms with Crippen LogP contribution in [0.3, 0.4) is 0 Å². The first-order valence-electron chi connectivity index (χ1n) is 6.72. The van der Waals surface area contributed by atoms with Gasteiger partial charge < -0.3 is 10.1 Å². The smallest absolute Gasteiger partial charge is 0.383 e. The van der Waals surface area contributed by atoms with Crippen molar-refractivity contribution in [2.24, 2.45) is 0 Å². The molecule has 0 unspecified atom stereocenters. The molecule has 1 rings (SSSR count). The molecule has 2 nitrogen and oxygen atoms in total. The van der Waals surface area contributed by atoms with Crippen molar-refractivity contribution in [2.75, 3.05) is 20.3 Å². The van der Waals surface area contributed by atoms with Gasteiger partial charge in [-0.25, -0.2) is 0 Å². The van der Waals surface area contributed by atoms with Gasteiger partial charge in [0.15, 0.2) is 0 Å². The molecule has 0 heterocycles. The van der Waals surface area contributed by atoms with Crippen LogP contribution in [0.1, 0.15) is 31.9 Å². The molecule has 0 aliphatic carbocycles. The first kappa shape index (κ1) is 18.3. The zero-order chi connectivity index (χ0) is 16.1. The predicted octanol–water partition coefficient (Wildman–Crippen LogP) is 4.33. The van der Waals surface area contributed by atoms with Crippen molar-refractivity contribution in [3.05, 3.63) is 29.3 Å². The van der Waals surface area contributed by atoms with Crippen LogP contribution in [0.4, 0.5) is 13.2 Å². The Hall–Kier alpha value is -0.720. The van der Waals surface area contributed by atoms with Crippen molar-refractivity contribution in [3.63, 3.8) is 0 Å². The molecule has 1 N–H and O–H groups in total. The lowest BCUT2D eigenvalue weighted by molar-refractivity contribution is -0.138. The Morgan fingerprint density at radius 1 is 1.19 bits per heavy atom. The minimum absolute atomic E-state index is 0.124. The number of methoxy groups -OCH3 is 1. The number of thioether (sulfide) groups is 1. The maximum Gasteiger partial charge on any atom is 0.416 e. The summed E-state index contributed by atoms with van der Waals surface area (Å²) >= 11 is 1.43. The van der Waals surface area contributed by atoms with Gasteiger partial charge in [0.25, 0.3) is 0 Å². The Morgan fingerprint density at radius 3 is 2.38 bits per heavy atom. The van der Waals surface area contributed by atoms with E-state index in [2.05, 4.69) is 5.32 Å². The van der Waals surface area contributed by atoms with E-state index < -0.39 is 11.7 Å². The third-order valence-electron chi connectivity index (χ3n) is 2.61. The van der Waals surface area contributed by atoms with Crippen LogP contribution < -0.4 is 5.32 Å². The van der Waals surface area contributed by atoms with Crippen LogP contribution in [0.15, 0.2) is 23.1 Å². The summed E-state index contributed by atoms with van der Waals surface area (Å²) in [6.07, 6.45) is -4.34. The SMILES string of the molecule is COCCNCc1ccc(SC(C)(C)C)cc1C(F)(F)F. The molecule has 0 amide bonds. The molecule has 120 valence electrons. The van der Waals surface area contributed by atoms with Crippen LogP contribution in [-0.2, 0) is 17.5 Å². The Morgan fingerprint density at radius 2 is 1.86 bits per heavy atom. The minimum Gasteiger partial charge on any atom is -0.383 e. The van der Waals surface area contributed by atoms with E-state index in [1.54, 1.807) is 19.2 Å². The number of benzene rings is 1. The monoisotopic (exact) mass is 321 g/mol. The quantitative estimate of drug-likeness (QED) is 0.622. The molecule has 6 heteroatoms. The Bertz CT molecular complexity index is 455. The van der Waals surface area contributed by atoms with Crippen molar-refractivity contribution >= 4 is 11.8 Å². The number of alkyl halides is 3. The molecule has 0 bridgehead atoms. The highest BCUT2D eigenvalue weighted by atomic mass is 32.2. The third kappa shape index (κ3) is 6.72. The largest absolute Gasteiger partial charge is 0.416 e. The summed E-state index contributed by atoms with van der Waals surface area (Å²) in [5.41, 5.74) is -0.307. The van der Waals surface area contributed by atoms with Gasteiger partial charge in [0.1, 0.15) is 0 Å². The zero-order valence-corrected chi connectivity index (χ0v) is 13.6. The molecule has 0 spiro atoms. The van der Waals surface area contributed by atoms with Gasteiger partial charge in [-0.1, -0.05) is 26.8 Å². The van der Waals surface area contributed by atoms with E-state index >= 15 is 0 Å².